The Bertz CT molecular complexity index is 294. The van der Waals surface area contributed by atoms with Gasteiger partial charge >= 0.3 is 0 Å². The number of amidine groups is 1. The van der Waals surface area contributed by atoms with Crippen LogP contribution in [0.25, 0.3) is 0 Å². The van der Waals surface area contributed by atoms with Crippen LogP contribution in [0.4, 0.5) is 0 Å². The van der Waals surface area contributed by atoms with E-state index in [-0.39, 0.29) is 11.3 Å². The van der Waals surface area contributed by atoms with Crippen molar-refractivity contribution in [3.05, 3.63) is 6.33 Å². The molecule has 0 amide bonds. The maximum atomic E-state index is 7.39. The molecule has 1 heterocycles. The molecule has 1 aromatic heterocycles. The maximum absolute atomic E-state index is 7.39. The molecule has 1 aromatic rings. The van der Waals surface area contributed by atoms with Gasteiger partial charge in [0.1, 0.15) is 6.33 Å². The Morgan fingerprint density at radius 2 is 2.43 bits per heavy atom. The van der Waals surface area contributed by atoms with E-state index in [4.69, 9.17) is 11.1 Å². The fraction of sp³-hybridized carbons (Fsp3) is 0.625. The van der Waals surface area contributed by atoms with Gasteiger partial charge in [0.2, 0.25) is 0 Å². The van der Waals surface area contributed by atoms with E-state index in [1.807, 2.05) is 13.8 Å². The van der Waals surface area contributed by atoms with E-state index in [1.54, 1.807) is 18.1 Å². The van der Waals surface area contributed by atoms with Crippen LogP contribution >= 0.6 is 23.3 Å². The summed E-state index contributed by atoms with van der Waals surface area (Å²) < 4.78 is 4.89. The summed E-state index contributed by atoms with van der Waals surface area (Å²) in [6.45, 7) is 3.96. The first-order chi connectivity index (χ1) is 6.52. The molecule has 14 heavy (non-hydrogen) atoms. The number of aromatic nitrogens is 2. The van der Waals surface area contributed by atoms with Gasteiger partial charge in [-0.2, -0.15) is 4.37 Å². The van der Waals surface area contributed by atoms with Crippen LogP contribution in [0.15, 0.2) is 10.7 Å². The van der Waals surface area contributed by atoms with Crippen LogP contribution in [-0.4, -0.2) is 20.9 Å². The Morgan fingerprint density at radius 3 is 2.93 bits per heavy atom. The van der Waals surface area contributed by atoms with Crippen molar-refractivity contribution in [2.75, 3.05) is 5.75 Å². The van der Waals surface area contributed by atoms with E-state index < -0.39 is 0 Å². The highest BCUT2D eigenvalue weighted by Gasteiger charge is 2.21. The highest BCUT2D eigenvalue weighted by molar-refractivity contribution is 8.00. The molecule has 0 aliphatic heterocycles. The second kappa shape index (κ2) is 4.75. The molecule has 0 radical (unpaired) electrons. The van der Waals surface area contributed by atoms with Crippen LogP contribution in [0.2, 0.25) is 0 Å². The molecule has 0 fully saturated rings. The van der Waals surface area contributed by atoms with Gasteiger partial charge in [0.25, 0.3) is 0 Å². The predicted molar refractivity (Wildman–Crippen MR) is 60.9 cm³/mol. The summed E-state index contributed by atoms with van der Waals surface area (Å²) in [6, 6.07) is 0. The highest BCUT2D eigenvalue weighted by atomic mass is 32.2. The van der Waals surface area contributed by atoms with Gasteiger partial charge in [-0.25, -0.2) is 4.98 Å². The van der Waals surface area contributed by atoms with Crippen LogP contribution in [0.5, 0.6) is 0 Å². The summed E-state index contributed by atoms with van der Waals surface area (Å²) in [4.78, 5) is 4.07. The smallest absolute Gasteiger partial charge is 0.169 e. The Hall–Kier alpha value is -0.620. The van der Waals surface area contributed by atoms with Gasteiger partial charge in [-0.1, -0.05) is 25.6 Å². The largest absolute Gasteiger partial charge is 0.387 e. The normalized spacial score (nSPS) is 11.6. The Labute approximate surface area is 92.0 Å². The lowest BCUT2D eigenvalue weighted by molar-refractivity contribution is 0.500. The standard InChI is InChI=1S/C8H14N4S2/c1-8(2,6(9)10)3-4-13-7-11-5-12-14-7/h5H,3-4H2,1-2H3,(H3,9,10). The third kappa shape index (κ3) is 3.26. The minimum absolute atomic E-state index is 0.211. The van der Waals surface area contributed by atoms with Gasteiger partial charge in [0.05, 0.1) is 5.84 Å². The lowest BCUT2D eigenvalue weighted by Gasteiger charge is -2.21. The van der Waals surface area contributed by atoms with Crippen LogP contribution in [0, 0.1) is 10.8 Å². The first-order valence-electron chi connectivity index (χ1n) is 4.26. The molecule has 0 aliphatic rings. The molecule has 0 aromatic carbocycles. The molecule has 6 heteroatoms. The van der Waals surface area contributed by atoms with Gasteiger partial charge in [0.15, 0.2) is 4.34 Å². The number of nitrogens with one attached hydrogen (secondary N) is 1. The third-order valence-corrected chi connectivity index (χ3v) is 3.82. The Kier molecular flexibility index (Phi) is 3.88. The van der Waals surface area contributed by atoms with Crippen LogP contribution in [0.3, 0.4) is 0 Å². The number of thioether (sulfide) groups is 1. The number of rotatable bonds is 5. The molecule has 0 saturated heterocycles. The SMILES string of the molecule is CC(C)(CCSc1ncns1)C(=N)N. The average molecular weight is 230 g/mol. The minimum Gasteiger partial charge on any atom is -0.387 e. The van der Waals surface area contributed by atoms with Gasteiger partial charge < -0.3 is 5.73 Å². The van der Waals surface area contributed by atoms with Crippen molar-refractivity contribution < 1.29 is 0 Å². The van der Waals surface area contributed by atoms with Gasteiger partial charge in [0, 0.05) is 11.2 Å². The first kappa shape index (κ1) is 11.5. The molecular formula is C8H14N4S2. The first-order valence-corrected chi connectivity index (χ1v) is 6.02. The summed E-state index contributed by atoms with van der Waals surface area (Å²) in [6.07, 6.45) is 2.44. The predicted octanol–water partition coefficient (Wildman–Crippen LogP) is 1.98. The van der Waals surface area contributed by atoms with E-state index in [1.165, 1.54) is 11.5 Å². The van der Waals surface area contributed by atoms with Crippen molar-refractivity contribution in [3.8, 4) is 0 Å². The summed E-state index contributed by atoms with van der Waals surface area (Å²) in [5, 5.41) is 7.39. The third-order valence-electron chi connectivity index (χ3n) is 2.02. The van der Waals surface area contributed by atoms with Crippen molar-refractivity contribution in [3.63, 3.8) is 0 Å². The van der Waals surface area contributed by atoms with Crippen molar-refractivity contribution in [1.82, 2.24) is 9.36 Å². The minimum atomic E-state index is -0.211. The Balaban J connectivity index is 2.31. The molecule has 0 saturated carbocycles. The number of nitrogens with zero attached hydrogens (tertiary/aromatic N) is 2. The summed E-state index contributed by atoms with van der Waals surface area (Å²) in [7, 11) is 0. The molecule has 0 unspecified atom stereocenters. The molecular weight excluding hydrogens is 216 g/mol. The van der Waals surface area contributed by atoms with Crippen LogP contribution in [-0.2, 0) is 0 Å². The zero-order valence-corrected chi connectivity index (χ0v) is 9.91. The van der Waals surface area contributed by atoms with Gasteiger partial charge in [-0.15, -0.1) is 0 Å². The molecule has 3 N–H and O–H groups in total. The van der Waals surface area contributed by atoms with E-state index in [2.05, 4.69) is 9.36 Å². The van der Waals surface area contributed by atoms with E-state index in [9.17, 15) is 0 Å². The average Bonchev–Trinajstić information content (AvgIpc) is 2.56. The molecule has 0 aliphatic carbocycles. The van der Waals surface area contributed by atoms with Gasteiger partial charge in [-0.3, -0.25) is 5.41 Å². The summed E-state index contributed by atoms with van der Waals surface area (Å²) >= 11 is 3.06. The quantitative estimate of drug-likeness (QED) is 0.461. The topological polar surface area (TPSA) is 75.7 Å². The number of hydrogen-bond acceptors (Lipinski definition) is 5. The van der Waals surface area contributed by atoms with Crippen LogP contribution < -0.4 is 5.73 Å². The van der Waals surface area contributed by atoms with Crippen molar-refractivity contribution in [2.45, 2.75) is 24.6 Å². The second-order valence-corrected chi connectivity index (χ2v) is 5.73. The molecule has 0 atom stereocenters. The molecule has 0 bridgehead atoms. The fourth-order valence-electron chi connectivity index (χ4n) is 0.755. The van der Waals surface area contributed by atoms with Crippen molar-refractivity contribution in [2.24, 2.45) is 11.1 Å². The molecule has 0 spiro atoms. The van der Waals surface area contributed by atoms with E-state index in [0.29, 0.717) is 0 Å². The van der Waals surface area contributed by atoms with Crippen molar-refractivity contribution in [1.29, 1.82) is 5.41 Å². The van der Waals surface area contributed by atoms with E-state index in [0.717, 1.165) is 16.5 Å². The fourth-order valence-corrected chi connectivity index (χ4v) is 2.53. The molecule has 4 nitrogen and oxygen atoms in total. The van der Waals surface area contributed by atoms with Crippen molar-refractivity contribution >= 4 is 29.1 Å². The Morgan fingerprint density at radius 1 is 1.71 bits per heavy atom. The zero-order valence-electron chi connectivity index (χ0n) is 8.28. The van der Waals surface area contributed by atoms with E-state index >= 15 is 0 Å². The lowest BCUT2D eigenvalue weighted by Crippen LogP contribution is -2.31. The maximum Gasteiger partial charge on any atom is 0.169 e. The second-order valence-electron chi connectivity index (χ2n) is 3.60. The summed E-state index contributed by atoms with van der Waals surface area (Å²) in [5.41, 5.74) is 5.27. The summed E-state index contributed by atoms with van der Waals surface area (Å²) in [5.74, 6) is 1.16. The molecule has 78 valence electrons. The zero-order chi connectivity index (χ0) is 10.6. The lowest BCUT2D eigenvalue weighted by atomic mass is 9.89. The van der Waals surface area contributed by atoms with Gasteiger partial charge in [-0.05, 0) is 18.0 Å². The highest BCUT2D eigenvalue weighted by Crippen LogP contribution is 2.26. The van der Waals surface area contributed by atoms with Crippen LogP contribution in [0.1, 0.15) is 20.3 Å². The monoisotopic (exact) mass is 230 g/mol. The molecule has 1 rings (SSSR count). The number of nitrogens with two attached hydrogens (primary N) is 1. The number of hydrogen-bond donors (Lipinski definition) is 2.